The van der Waals surface area contributed by atoms with Crippen molar-refractivity contribution in [1.29, 1.82) is 0 Å². The van der Waals surface area contributed by atoms with Gasteiger partial charge in [-0.25, -0.2) is 0 Å². The molecule has 16 heavy (non-hydrogen) atoms. The molecule has 0 aromatic heterocycles. The van der Waals surface area contributed by atoms with Gasteiger partial charge in [0.2, 0.25) is 0 Å². The molecule has 0 aromatic carbocycles. The molecule has 4 atom stereocenters. The van der Waals surface area contributed by atoms with E-state index in [1.165, 1.54) is 38.5 Å². The topological polar surface area (TPSA) is 9.23 Å². The van der Waals surface area contributed by atoms with E-state index in [2.05, 4.69) is 20.8 Å². The molecule has 94 valence electrons. The molecule has 0 aromatic rings. The van der Waals surface area contributed by atoms with E-state index in [0.717, 1.165) is 5.92 Å². The largest absolute Gasteiger partial charge is 0.372 e. The molecular formula is C14H25ClO. The maximum absolute atomic E-state index is 6.44. The molecule has 2 fully saturated rings. The Bertz CT molecular complexity index is 239. The maximum Gasteiger partial charge on any atom is 0.0631 e. The first-order chi connectivity index (χ1) is 7.46. The van der Waals surface area contributed by atoms with Crippen molar-refractivity contribution in [2.45, 2.75) is 76.4 Å². The first kappa shape index (κ1) is 12.7. The van der Waals surface area contributed by atoms with Crippen LogP contribution in [0.15, 0.2) is 0 Å². The summed E-state index contributed by atoms with van der Waals surface area (Å²) in [5.41, 5.74) is 0.104. The highest BCUT2D eigenvalue weighted by Crippen LogP contribution is 2.39. The summed E-state index contributed by atoms with van der Waals surface area (Å²) in [5, 5.41) is 0.392. The van der Waals surface area contributed by atoms with Crippen LogP contribution in [0.3, 0.4) is 0 Å². The molecule has 0 amide bonds. The average molecular weight is 245 g/mol. The van der Waals surface area contributed by atoms with E-state index >= 15 is 0 Å². The smallest absolute Gasteiger partial charge is 0.0631 e. The summed E-state index contributed by atoms with van der Waals surface area (Å²) in [7, 11) is 0. The van der Waals surface area contributed by atoms with Gasteiger partial charge in [-0.15, -0.1) is 11.6 Å². The van der Waals surface area contributed by atoms with E-state index in [1.807, 2.05) is 0 Å². The highest BCUT2D eigenvalue weighted by atomic mass is 35.5. The van der Waals surface area contributed by atoms with E-state index in [-0.39, 0.29) is 5.60 Å². The molecule has 4 unspecified atom stereocenters. The Morgan fingerprint density at radius 2 is 2.00 bits per heavy atom. The summed E-state index contributed by atoms with van der Waals surface area (Å²) in [6.07, 6.45) is 7.88. The Hall–Kier alpha value is 0.250. The van der Waals surface area contributed by atoms with Crippen LogP contribution in [0.25, 0.3) is 0 Å². The van der Waals surface area contributed by atoms with E-state index in [4.69, 9.17) is 16.3 Å². The molecule has 2 rings (SSSR count). The molecule has 2 aliphatic rings. The van der Waals surface area contributed by atoms with E-state index in [1.54, 1.807) is 0 Å². The van der Waals surface area contributed by atoms with Gasteiger partial charge in [0.15, 0.2) is 0 Å². The van der Waals surface area contributed by atoms with Crippen molar-refractivity contribution in [3.63, 3.8) is 0 Å². The quantitative estimate of drug-likeness (QED) is 0.655. The fraction of sp³-hybridized carbons (Fsp3) is 1.00. The first-order valence-electron chi connectivity index (χ1n) is 6.78. The second-order valence-electron chi connectivity index (χ2n) is 6.47. The summed E-state index contributed by atoms with van der Waals surface area (Å²) in [6, 6.07) is 0. The summed E-state index contributed by atoms with van der Waals surface area (Å²) >= 11 is 6.44. The lowest BCUT2D eigenvalue weighted by Crippen LogP contribution is -2.29. The molecule has 2 heteroatoms. The summed E-state index contributed by atoms with van der Waals surface area (Å²) in [4.78, 5) is 0. The van der Waals surface area contributed by atoms with Crippen molar-refractivity contribution >= 4 is 11.6 Å². The van der Waals surface area contributed by atoms with Crippen LogP contribution >= 0.6 is 11.6 Å². The lowest BCUT2D eigenvalue weighted by molar-refractivity contribution is -0.0272. The van der Waals surface area contributed by atoms with Crippen molar-refractivity contribution in [3.05, 3.63) is 0 Å². The minimum Gasteiger partial charge on any atom is -0.372 e. The number of hydrogen-bond acceptors (Lipinski definition) is 1. The van der Waals surface area contributed by atoms with E-state index in [0.29, 0.717) is 17.4 Å². The fourth-order valence-electron chi connectivity index (χ4n) is 3.29. The summed E-state index contributed by atoms with van der Waals surface area (Å²) < 4.78 is 6.08. The van der Waals surface area contributed by atoms with Gasteiger partial charge in [0.25, 0.3) is 0 Å². The van der Waals surface area contributed by atoms with Crippen molar-refractivity contribution in [2.75, 3.05) is 0 Å². The third-order valence-electron chi connectivity index (χ3n) is 4.27. The first-order valence-corrected chi connectivity index (χ1v) is 7.22. The number of halogens is 1. The number of hydrogen-bond donors (Lipinski definition) is 0. The predicted octanol–water partition coefficient (Wildman–Crippen LogP) is 4.38. The molecule has 0 spiro atoms. The van der Waals surface area contributed by atoms with Crippen LogP contribution in [0.4, 0.5) is 0 Å². The zero-order valence-corrected chi connectivity index (χ0v) is 11.6. The Morgan fingerprint density at radius 1 is 1.25 bits per heavy atom. The van der Waals surface area contributed by atoms with Gasteiger partial charge in [-0.05, 0) is 64.2 Å². The zero-order valence-electron chi connectivity index (χ0n) is 10.8. The molecule has 0 N–H and O–H groups in total. The SMILES string of the molecule is CC1CCC(Cl)C(CC2CCC(C)(C)O2)C1. The number of rotatable bonds is 2. The van der Waals surface area contributed by atoms with Crippen molar-refractivity contribution in [1.82, 2.24) is 0 Å². The second-order valence-corrected chi connectivity index (χ2v) is 7.03. The van der Waals surface area contributed by atoms with Gasteiger partial charge in [-0.3, -0.25) is 0 Å². The molecule has 1 heterocycles. The van der Waals surface area contributed by atoms with Gasteiger partial charge in [0.1, 0.15) is 0 Å². The molecule has 0 radical (unpaired) electrons. The minimum absolute atomic E-state index is 0.104. The predicted molar refractivity (Wildman–Crippen MR) is 68.9 cm³/mol. The molecule has 1 aliphatic heterocycles. The normalized spacial score (nSPS) is 43.5. The third-order valence-corrected chi connectivity index (χ3v) is 4.85. The molecule has 1 saturated carbocycles. The van der Waals surface area contributed by atoms with Gasteiger partial charge in [-0.2, -0.15) is 0 Å². The highest BCUT2D eigenvalue weighted by molar-refractivity contribution is 6.20. The van der Waals surface area contributed by atoms with Crippen LogP contribution in [0, 0.1) is 11.8 Å². The lowest BCUT2D eigenvalue weighted by Gasteiger charge is -2.33. The second kappa shape index (κ2) is 4.86. The maximum atomic E-state index is 6.44. The molecule has 1 aliphatic carbocycles. The Kier molecular flexibility index (Phi) is 3.86. The van der Waals surface area contributed by atoms with Crippen LogP contribution in [0.1, 0.15) is 59.3 Å². The number of ether oxygens (including phenoxy) is 1. The molecular weight excluding hydrogens is 220 g/mol. The van der Waals surface area contributed by atoms with Crippen LogP contribution in [-0.4, -0.2) is 17.1 Å². The molecule has 0 bridgehead atoms. The zero-order chi connectivity index (χ0) is 11.8. The van der Waals surface area contributed by atoms with Crippen molar-refractivity contribution in [3.8, 4) is 0 Å². The minimum atomic E-state index is 0.104. The number of alkyl halides is 1. The lowest BCUT2D eigenvalue weighted by atomic mass is 9.79. The van der Waals surface area contributed by atoms with Gasteiger partial charge < -0.3 is 4.74 Å². The average Bonchev–Trinajstić information content (AvgIpc) is 2.52. The summed E-state index contributed by atoms with van der Waals surface area (Å²) in [6.45, 7) is 6.76. The fourth-order valence-corrected chi connectivity index (χ4v) is 3.62. The Labute approximate surface area is 105 Å². The van der Waals surface area contributed by atoms with Gasteiger partial charge >= 0.3 is 0 Å². The monoisotopic (exact) mass is 244 g/mol. The van der Waals surface area contributed by atoms with Crippen molar-refractivity contribution < 1.29 is 4.74 Å². The standard InChI is InChI=1S/C14H25ClO/c1-10-4-5-13(15)11(8-10)9-12-6-7-14(2,3)16-12/h10-13H,4-9H2,1-3H3. The van der Waals surface area contributed by atoms with Crippen molar-refractivity contribution in [2.24, 2.45) is 11.8 Å². The van der Waals surface area contributed by atoms with Crippen LogP contribution in [0.5, 0.6) is 0 Å². The molecule has 1 nitrogen and oxygen atoms in total. The van der Waals surface area contributed by atoms with E-state index < -0.39 is 0 Å². The Balaban J connectivity index is 1.84. The van der Waals surface area contributed by atoms with Crippen LogP contribution in [0.2, 0.25) is 0 Å². The van der Waals surface area contributed by atoms with Crippen LogP contribution < -0.4 is 0 Å². The summed E-state index contributed by atoms with van der Waals surface area (Å²) in [5.74, 6) is 1.54. The van der Waals surface area contributed by atoms with Gasteiger partial charge in [0.05, 0.1) is 11.7 Å². The van der Waals surface area contributed by atoms with Gasteiger partial charge in [0, 0.05) is 5.38 Å². The van der Waals surface area contributed by atoms with Gasteiger partial charge in [-0.1, -0.05) is 6.92 Å². The van der Waals surface area contributed by atoms with E-state index in [9.17, 15) is 0 Å². The van der Waals surface area contributed by atoms with Crippen LogP contribution in [-0.2, 0) is 4.74 Å². The third kappa shape index (κ3) is 3.13. The Morgan fingerprint density at radius 3 is 2.62 bits per heavy atom. The molecule has 1 saturated heterocycles. The highest BCUT2D eigenvalue weighted by Gasteiger charge is 2.35.